The van der Waals surface area contributed by atoms with Crippen molar-refractivity contribution >= 4 is 23.0 Å². The number of hydrogen-bond donors (Lipinski definition) is 2. The third-order valence-corrected chi connectivity index (χ3v) is 3.69. The number of benzene rings is 2. The quantitative estimate of drug-likeness (QED) is 0.618. The highest BCUT2D eigenvalue weighted by Gasteiger charge is 2.09. The zero-order valence-electron chi connectivity index (χ0n) is 15.4. The van der Waals surface area contributed by atoms with Gasteiger partial charge in [0, 0.05) is 11.8 Å². The van der Waals surface area contributed by atoms with Gasteiger partial charge in [0.15, 0.2) is 0 Å². The summed E-state index contributed by atoms with van der Waals surface area (Å²) in [5.74, 6) is -1.03. The molecule has 0 atom stereocenters. The molecule has 1 heterocycles. The zero-order chi connectivity index (χ0) is 20.1. The highest BCUT2D eigenvalue weighted by Crippen LogP contribution is 2.21. The van der Waals surface area contributed by atoms with E-state index in [-0.39, 0.29) is 23.4 Å². The second-order valence-corrected chi connectivity index (χ2v) is 6.33. The minimum Gasteiger partial charge on any atom is -0.491 e. The predicted octanol–water partition coefficient (Wildman–Crippen LogP) is 5.14. The molecule has 2 N–H and O–H groups in total. The number of halogens is 2. The lowest BCUT2D eigenvalue weighted by atomic mass is 10.2. The van der Waals surface area contributed by atoms with Gasteiger partial charge in [-0.25, -0.2) is 13.8 Å². The Kier molecular flexibility index (Phi) is 5.84. The number of pyridine rings is 1. The Hall–Kier alpha value is -3.48. The second kappa shape index (κ2) is 8.47. The Morgan fingerprint density at radius 3 is 2.32 bits per heavy atom. The summed E-state index contributed by atoms with van der Waals surface area (Å²) in [5, 5.41) is 5.53. The third kappa shape index (κ3) is 5.03. The lowest BCUT2D eigenvalue weighted by Crippen LogP contribution is -2.13. The second-order valence-electron chi connectivity index (χ2n) is 6.33. The SMILES string of the molecule is CC(C)Oc1ccc(NC(=O)c2ccc(Nc3ccc(F)cc3F)cn2)cc1. The molecule has 1 amide bonds. The molecule has 0 saturated heterocycles. The maximum Gasteiger partial charge on any atom is 0.274 e. The van der Waals surface area contributed by atoms with Gasteiger partial charge in [0.1, 0.15) is 23.1 Å². The number of carbonyl (C=O) groups excluding carboxylic acids is 1. The summed E-state index contributed by atoms with van der Waals surface area (Å²) in [5.41, 5.74) is 1.40. The molecule has 28 heavy (non-hydrogen) atoms. The van der Waals surface area contributed by atoms with Gasteiger partial charge in [-0.1, -0.05) is 0 Å². The number of nitrogens with one attached hydrogen (secondary N) is 2. The number of aromatic nitrogens is 1. The topological polar surface area (TPSA) is 63.2 Å². The molecule has 3 aromatic rings. The largest absolute Gasteiger partial charge is 0.491 e. The van der Waals surface area contributed by atoms with Crippen molar-refractivity contribution in [3.8, 4) is 5.75 Å². The van der Waals surface area contributed by atoms with Crippen LogP contribution in [0, 0.1) is 11.6 Å². The molecule has 5 nitrogen and oxygen atoms in total. The standard InChI is InChI=1S/C21H19F2N3O2/c1-13(2)28-17-7-4-15(5-8-17)26-21(27)20-10-6-16(12-24-20)25-19-9-3-14(22)11-18(19)23/h3-13,25H,1-2H3,(H,26,27). The van der Waals surface area contributed by atoms with E-state index in [0.717, 1.165) is 17.9 Å². The molecule has 0 aliphatic heterocycles. The first-order valence-electron chi connectivity index (χ1n) is 8.67. The molecular weight excluding hydrogens is 364 g/mol. The first-order chi connectivity index (χ1) is 13.4. The monoisotopic (exact) mass is 383 g/mol. The van der Waals surface area contributed by atoms with Crippen molar-refractivity contribution in [3.05, 3.63) is 78.1 Å². The van der Waals surface area contributed by atoms with Crippen molar-refractivity contribution in [2.24, 2.45) is 0 Å². The first kappa shape index (κ1) is 19.3. The van der Waals surface area contributed by atoms with Crippen LogP contribution < -0.4 is 15.4 Å². The molecule has 1 aromatic heterocycles. The van der Waals surface area contributed by atoms with Gasteiger partial charge in [0.25, 0.3) is 5.91 Å². The minimum absolute atomic E-state index is 0.0696. The number of amides is 1. The van der Waals surface area contributed by atoms with E-state index in [1.54, 1.807) is 30.3 Å². The summed E-state index contributed by atoms with van der Waals surface area (Å²) in [6.45, 7) is 3.87. The fourth-order valence-electron chi connectivity index (χ4n) is 2.43. The van der Waals surface area contributed by atoms with Crippen LogP contribution >= 0.6 is 0 Å². The van der Waals surface area contributed by atoms with E-state index in [0.29, 0.717) is 11.4 Å². The number of carbonyl (C=O) groups is 1. The summed E-state index contributed by atoms with van der Waals surface area (Å²) in [6.07, 6.45) is 1.47. The number of hydrogen-bond acceptors (Lipinski definition) is 4. The van der Waals surface area contributed by atoms with E-state index >= 15 is 0 Å². The lowest BCUT2D eigenvalue weighted by Gasteiger charge is -2.11. The molecule has 0 spiro atoms. The molecule has 0 bridgehead atoms. The lowest BCUT2D eigenvalue weighted by molar-refractivity contribution is 0.102. The van der Waals surface area contributed by atoms with Crippen LogP contribution in [0.25, 0.3) is 0 Å². The molecule has 2 aromatic carbocycles. The van der Waals surface area contributed by atoms with Gasteiger partial charge in [-0.05, 0) is 62.4 Å². The van der Waals surface area contributed by atoms with Crippen LogP contribution in [-0.2, 0) is 0 Å². The average molecular weight is 383 g/mol. The molecule has 3 rings (SSSR count). The highest BCUT2D eigenvalue weighted by atomic mass is 19.1. The summed E-state index contributed by atoms with van der Waals surface area (Å²) in [4.78, 5) is 16.4. The van der Waals surface area contributed by atoms with Gasteiger partial charge < -0.3 is 15.4 Å². The van der Waals surface area contributed by atoms with E-state index in [4.69, 9.17) is 4.74 Å². The smallest absolute Gasteiger partial charge is 0.274 e. The van der Waals surface area contributed by atoms with Gasteiger partial charge in [0.2, 0.25) is 0 Å². The molecular formula is C21H19F2N3O2. The minimum atomic E-state index is -0.716. The highest BCUT2D eigenvalue weighted by molar-refractivity contribution is 6.03. The van der Waals surface area contributed by atoms with Crippen LogP contribution in [0.15, 0.2) is 60.8 Å². The fourth-order valence-corrected chi connectivity index (χ4v) is 2.43. The summed E-state index contributed by atoms with van der Waals surface area (Å²) in [6, 6.07) is 13.3. The first-order valence-corrected chi connectivity index (χ1v) is 8.67. The molecule has 0 unspecified atom stereocenters. The Labute approximate surface area is 161 Å². The van der Waals surface area contributed by atoms with Crippen molar-refractivity contribution < 1.29 is 18.3 Å². The van der Waals surface area contributed by atoms with Crippen molar-refractivity contribution in [2.45, 2.75) is 20.0 Å². The van der Waals surface area contributed by atoms with Crippen molar-refractivity contribution in [3.63, 3.8) is 0 Å². The van der Waals surface area contributed by atoms with Crippen LogP contribution in [0.5, 0.6) is 5.75 Å². The Balaban J connectivity index is 1.63. The molecule has 0 aliphatic carbocycles. The van der Waals surface area contributed by atoms with E-state index < -0.39 is 11.6 Å². The molecule has 144 valence electrons. The average Bonchev–Trinajstić information content (AvgIpc) is 2.66. The fraction of sp³-hybridized carbons (Fsp3) is 0.143. The number of anilines is 3. The summed E-state index contributed by atoms with van der Waals surface area (Å²) >= 11 is 0. The predicted molar refractivity (Wildman–Crippen MR) is 104 cm³/mol. The molecule has 0 aliphatic rings. The van der Waals surface area contributed by atoms with Crippen molar-refractivity contribution in [1.82, 2.24) is 4.98 Å². The van der Waals surface area contributed by atoms with Crippen LogP contribution in [0.2, 0.25) is 0 Å². The zero-order valence-corrected chi connectivity index (χ0v) is 15.4. The Morgan fingerprint density at radius 2 is 1.71 bits per heavy atom. The van der Waals surface area contributed by atoms with Gasteiger partial charge in [-0.2, -0.15) is 0 Å². The normalized spacial score (nSPS) is 10.6. The van der Waals surface area contributed by atoms with Crippen LogP contribution in [-0.4, -0.2) is 17.0 Å². The summed E-state index contributed by atoms with van der Waals surface area (Å²) in [7, 11) is 0. The summed E-state index contributed by atoms with van der Waals surface area (Å²) < 4.78 is 32.2. The van der Waals surface area contributed by atoms with Crippen molar-refractivity contribution in [1.29, 1.82) is 0 Å². The molecule has 0 saturated carbocycles. The van der Waals surface area contributed by atoms with Crippen LogP contribution in [0.3, 0.4) is 0 Å². The van der Waals surface area contributed by atoms with Gasteiger partial charge >= 0.3 is 0 Å². The number of ether oxygens (including phenoxy) is 1. The van der Waals surface area contributed by atoms with Crippen LogP contribution in [0.1, 0.15) is 24.3 Å². The Bertz CT molecular complexity index is 958. The van der Waals surface area contributed by atoms with Crippen molar-refractivity contribution in [2.75, 3.05) is 10.6 Å². The van der Waals surface area contributed by atoms with E-state index in [1.165, 1.54) is 18.3 Å². The van der Waals surface area contributed by atoms with Gasteiger partial charge in [-0.15, -0.1) is 0 Å². The maximum atomic E-state index is 13.7. The third-order valence-electron chi connectivity index (χ3n) is 3.69. The Morgan fingerprint density at radius 1 is 1.00 bits per heavy atom. The van der Waals surface area contributed by atoms with E-state index in [1.807, 2.05) is 13.8 Å². The molecule has 7 heteroatoms. The molecule has 0 fully saturated rings. The van der Waals surface area contributed by atoms with E-state index in [2.05, 4.69) is 15.6 Å². The maximum absolute atomic E-state index is 13.7. The van der Waals surface area contributed by atoms with Gasteiger partial charge in [0.05, 0.1) is 23.7 Å². The molecule has 0 radical (unpaired) electrons. The number of nitrogens with zero attached hydrogens (tertiary/aromatic N) is 1. The van der Waals surface area contributed by atoms with E-state index in [9.17, 15) is 13.6 Å². The van der Waals surface area contributed by atoms with Gasteiger partial charge in [-0.3, -0.25) is 4.79 Å². The van der Waals surface area contributed by atoms with Crippen LogP contribution in [0.4, 0.5) is 25.8 Å². The number of rotatable bonds is 6.